The van der Waals surface area contributed by atoms with Gasteiger partial charge in [0, 0.05) is 35.5 Å². The molecule has 0 aliphatic heterocycles. The van der Waals surface area contributed by atoms with Gasteiger partial charge in [-0.25, -0.2) is 13.8 Å². The number of nitrogens with one attached hydrogen (secondary N) is 1. The molecule has 0 unspecified atom stereocenters. The van der Waals surface area contributed by atoms with Gasteiger partial charge in [0.1, 0.15) is 11.6 Å². The Morgan fingerprint density at radius 1 is 0.938 bits per heavy atom. The van der Waals surface area contributed by atoms with Crippen molar-refractivity contribution in [3.05, 3.63) is 89.0 Å². The Hall–Kier alpha value is -3.93. The van der Waals surface area contributed by atoms with Crippen LogP contribution in [-0.4, -0.2) is 23.7 Å². The molecule has 1 aromatic heterocycles. The third kappa shape index (κ3) is 3.15. The van der Waals surface area contributed by atoms with Gasteiger partial charge in [0.2, 0.25) is 0 Å². The normalized spacial score (nSPS) is 12.8. The summed E-state index contributed by atoms with van der Waals surface area (Å²) in [5.41, 5.74) is 3.92. The number of hydrogen-bond acceptors (Lipinski definition) is 3. The lowest BCUT2D eigenvalue weighted by atomic mass is 9.93. The van der Waals surface area contributed by atoms with E-state index < -0.39 is 5.82 Å². The first-order valence-electron chi connectivity index (χ1n) is 10.2. The SMILES string of the molecule is CNC(=O)c1c2c(nc3ccc(F)cc13)-c1ccc(-c3ccccc3F)cc1C(=O)CC2. The number of aromatic nitrogens is 1. The molecule has 4 nitrogen and oxygen atoms in total. The van der Waals surface area contributed by atoms with Gasteiger partial charge in [-0.3, -0.25) is 9.59 Å². The van der Waals surface area contributed by atoms with E-state index in [2.05, 4.69) is 5.32 Å². The van der Waals surface area contributed by atoms with Crippen LogP contribution in [-0.2, 0) is 6.42 Å². The van der Waals surface area contributed by atoms with E-state index in [1.54, 1.807) is 36.4 Å². The zero-order chi connectivity index (χ0) is 22.4. The second kappa shape index (κ2) is 7.64. The number of carbonyl (C=O) groups is 2. The molecule has 158 valence electrons. The van der Waals surface area contributed by atoms with E-state index in [1.165, 1.54) is 31.3 Å². The summed E-state index contributed by atoms with van der Waals surface area (Å²) in [5.74, 6) is -1.32. The number of carbonyl (C=O) groups excluding carboxylic acids is 2. The molecule has 1 aliphatic carbocycles. The van der Waals surface area contributed by atoms with Crippen LogP contribution < -0.4 is 5.32 Å². The Morgan fingerprint density at radius 3 is 2.53 bits per heavy atom. The average molecular weight is 428 g/mol. The second-order valence-electron chi connectivity index (χ2n) is 7.72. The summed E-state index contributed by atoms with van der Waals surface area (Å²) in [6, 6.07) is 15.7. The molecule has 1 amide bonds. The minimum atomic E-state index is -0.468. The second-order valence-corrected chi connectivity index (χ2v) is 7.72. The third-order valence-electron chi connectivity index (χ3n) is 5.86. The molecule has 4 aromatic rings. The van der Waals surface area contributed by atoms with E-state index in [0.29, 0.717) is 56.4 Å². The van der Waals surface area contributed by atoms with Crippen molar-refractivity contribution in [1.29, 1.82) is 0 Å². The first kappa shape index (κ1) is 20.0. The van der Waals surface area contributed by atoms with Crippen molar-refractivity contribution >= 4 is 22.6 Å². The van der Waals surface area contributed by atoms with Crippen LogP contribution >= 0.6 is 0 Å². The number of halogens is 2. The molecule has 32 heavy (non-hydrogen) atoms. The maximum atomic E-state index is 14.3. The van der Waals surface area contributed by atoms with Gasteiger partial charge in [0.05, 0.1) is 16.8 Å². The zero-order valence-electron chi connectivity index (χ0n) is 17.2. The number of benzene rings is 3. The van der Waals surface area contributed by atoms with Crippen molar-refractivity contribution in [2.75, 3.05) is 7.05 Å². The van der Waals surface area contributed by atoms with E-state index in [9.17, 15) is 18.4 Å². The highest BCUT2D eigenvalue weighted by atomic mass is 19.1. The number of hydrogen-bond donors (Lipinski definition) is 1. The lowest BCUT2D eigenvalue weighted by Crippen LogP contribution is -2.21. The predicted molar refractivity (Wildman–Crippen MR) is 119 cm³/mol. The fourth-order valence-electron chi connectivity index (χ4n) is 4.34. The first-order valence-corrected chi connectivity index (χ1v) is 10.2. The van der Waals surface area contributed by atoms with E-state index in [0.717, 1.165) is 0 Å². The Morgan fingerprint density at radius 2 is 1.75 bits per heavy atom. The summed E-state index contributed by atoms with van der Waals surface area (Å²) in [4.78, 5) is 30.6. The van der Waals surface area contributed by atoms with E-state index in [-0.39, 0.29) is 23.9 Å². The Bertz CT molecular complexity index is 1430. The quantitative estimate of drug-likeness (QED) is 0.469. The van der Waals surface area contributed by atoms with Gasteiger partial charge in [-0.05, 0) is 47.9 Å². The number of nitrogens with zero attached hydrogens (tertiary/aromatic N) is 1. The highest BCUT2D eigenvalue weighted by Gasteiger charge is 2.28. The molecule has 6 heteroatoms. The topological polar surface area (TPSA) is 59.1 Å². The third-order valence-corrected chi connectivity index (χ3v) is 5.86. The van der Waals surface area contributed by atoms with Crippen molar-refractivity contribution in [1.82, 2.24) is 10.3 Å². The van der Waals surface area contributed by atoms with Gasteiger partial charge >= 0.3 is 0 Å². The fraction of sp³-hybridized carbons (Fsp3) is 0.115. The lowest BCUT2D eigenvalue weighted by molar-refractivity contribution is 0.0957. The largest absolute Gasteiger partial charge is 0.355 e. The Balaban J connectivity index is 1.80. The molecule has 0 saturated heterocycles. The molecular weight excluding hydrogens is 410 g/mol. The minimum absolute atomic E-state index is 0.116. The predicted octanol–water partition coefficient (Wildman–Crippen LogP) is 5.34. The van der Waals surface area contributed by atoms with Crippen LogP contribution in [0.25, 0.3) is 33.3 Å². The Kier molecular flexibility index (Phi) is 4.78. The number of rotatable bonds is 2. The zero-order valence-corrected chi connectivity index (χ0v) is 17.2. The molecular formula is C26H18F2N2O2. The Labute approximate surface area is 182 Å². The summed E-state index contributed by atoms with van der Waals surface area (Å²) in [6.07, 6.45) is 0.452. The van der Waals surface area contributed by atoms with Gasteiger partial charge < -0.3 is 5.32 Å². The number of ketones is 1. The van der Waals surface area contributed by atoms with E-state index >= 15 is 0 Å². The standard InChI is InChI=1S/C26H18F2N2O2/c1-29-26(32)24-18-9-11-23(31)19-12-14(16-4-2-3-5-21(16)28)6-8-17(19)25(18)30-22-10-7-15(27)13-20(22)24/h2-8,10,12-13H,9,11H2,1H3,(H,29,32). The van der Waals surface area contributed by atoms with Crippen LogP contribution in [0.5, 0.6) is 0 Å². The van der Waals surface area contributed by atoms with Gasteiger partial charge in [0.25, 0.3) is 5.91 Å². The summed E-state index contributed by atoms with van der Waals surface area (Å²) in [6.45, 7) is 0. The van der Waals surface area contributed by atoms with Crippen molar-refractivity contribution in [2.24, 2.45) is 0 Å². The summed E-state index contributed by atoms with van der Waals surface area (Å²) >= 11 is 0. The number of Topliss-reactive ketones (excluding diaryl/α,β-unsaturated/α-hetero) is 1. The monoisotopic (exact) mass is 428 g/mol. The van der Waals surface area contributed by atoms with Crippen molar-refractivity contribution in [2.45, 2.75) is 12.8 Å². The molecule has 1 aliphatic rings. The van der Waals surface area contributed by atoms with Gasteiger partial charge in [0.15, 0.2) is 5.78 Å². The van der Waals surface area contributed by atoms with E-state index in [1.807, 2.05) is 0 Å². The van der Waals surface area contributed by atoms with Crippen molar-refractivity contribution < 1.29 is 18.4 Å². The number of amides is 1. The maximum Gasteiger partial charge on any atom is 0.252 e. The molecule has 5 rings (SSSR count). The summed E-state index contributed by atoms with van der Waals surface area (Å²) < 4.78 is 28.3. The first-order chi connectivity index (χ1) is 15.5. The van der Waals surface area contributed by atoms with E-state index in [4.69, 9.17) is 4.98 Å². The van der Waals surface area contributed by atoms with Crippen LogP contribution in [0.1, 0.15) is 32.7 Å². The fourth-order valence-corrected chi connectivity index (χ4v) is 4.34. The summed E-state index contributed by atoms with van der Waals surface area (Å²) in [7, 11) is 1.51. The summed E-state index contributed by atoms with van der Waals surface area (Å²) in [5, 5.41) is 3.02. The molecule has 0 saturated carbocycles. The maximum absolute atomic E-state index is 14.3. The van der Waals surface area contributed by atoms with Crippen LogP contribution in [0, 0.1) is 11.6 Å². The minimum Gasteiger partial charge on any atom is -0.355 e. The number of pyridine rings is 1. The van der Waals surface area contributed by atoms with Crippen LogP contribution in [0.15, 0.2) is 60.7 Å². The van der Waals surface area contributed by atoms with Crippen LogP contribution in [0.2, 0.25) is 0 Å². The molecule has 0 fully saturated rings. The molecule has 1 N–H and O–H groups in total. The lowest BCUT2D eigenvalue weighted by Gasteiger charge is -2.16. The van der Waals surface area contributed by atoms with Crippen molar-refractivity contribution in [3.63, 3.8) is 0 Å². The van der Waals surface area contributed by atoms with Crippen LogP contribution in [0.4, 0.5) is 8.78 Å². The molecule has 0 radical (unpaired) electrons. The molecule has 0 bridgehead atoms. The molecule has 3 aromatic carbocycles. The van der Waals surface area contributed by atoms with Gasteiger partial charge in [-0.2, -0.15) is 0 Å². The highest BCUT2D eigenvalue weighted by Crippen LogP contribution is 2.38. The van der Waals surface area contributed by atoms with Gasteiger partial charge in [-0.1, -0.05) is 30.3 Å². The highest BCUT2D eigenvalue weighted by molar-refractivity contribution is 6.11. The molecule has 0 atom stereocenters. The molecule has 1 heterocycles. The van der Waals surface area contributed by atoms with Crippen molar-refractivity contribution in [3.8, 4) is 22.4 Å². The van der Waals surface area contributed by atoms with Gasteiger partial charge in [-0.15, -0.1) is 0 Å². The smallest absolute Gasteiger partial charge is 0.252 e. The average Bonchev–Trinajstić information content (AvgIpc) is 2.94. The van der Waals surface area contributed by atoms with Crippen LogP contribution in [0.3, 0.4) is 0 Å². The molecule has 0 spiro atoms. The number of fused-ring (bicyclic) bond motifs is 4.